The zero-order chi connectivity index (χ0) is 15.0. The maximum absolute atomic E-state index is 11.8. The lowest BCUT2D eigenvalue weighted by Crippen LogP contribution is -2.33. The van der Waals surface area contributed by atoms with Gasteiger partial charge in [-0.25, -0.2) is 4.79 Å². The highest BCUT2D eigenvalue weighted by Crippen LogP contribution is 2.29. The molecule has 0 saturated carbocycles. The van der Waals surface area contributed by atoms with Crippen molar-refractivity contribution in [2.24, 2.45) is 0 Å². The minimum Gasteiger partial charge on any atom is -0.478 e. The molecule has 0 unspecified atom stereocenters. The van der Waals surface area contributed by atoms with Crippen LogP contribution in [0.25, 0.3) is 10.9 Å². The molecular formula is C16H17ClN2O2. The van der Waals surface area contributed by atoms with Crippen molar-refractivity contribution < 1.29 is 9.90 Å². The zero-order valence-electron chi connectivity index (χ0n) is 11.9. The van der Waals surface area contributed by atoms with Crippen LogP contribution in [0.4, 0.5) is 0 Å². The number of nitrogens with zero attached hydrogens (tertiary/aromatic N) is 2. The SMILES string of the molecule is CCCN1CCc2nc3ccc(Cl)cc3c(C(=O)O)c2C1. The minimum atomic E-state index is -0.903. The summed E-state index contributed by atoms with van der Waals surface area (Å²) in [5.74, 6) is -0.903. The topological polar surface area (TPSA) is 53.4 Å². The number of aromatic carboxylic acids is 1. The molecule has 0 radical (unpaired) electrons. The Morgan fingerprint density at radius 1 is 1.48 bits per heavy atom. The van der Waals surface area contributed by atoms with E-state index in [2.05, 4.69) is 16.8 Å². The van der Waals surface area contributed by atoms with Gasteiger partial charge in [-0.05, 0) is 31.2 Å². The van der Waals surface area contributed by atoms with E-state index in [1.807, 2.05) is 0 Å². The molecule has 0 atom stereocenters. The summed E-state index contributed by atoms with van der Waals surface area (Å²) in [6.07, 6.45) is 1.86. The van der Waals surface area contributed by atoms with Gasteiger partial charge in [-0.15, -0.1) is 0 Å². The number of fused-ring (bicyclic) bond motifs is 2. The van der Waals surface area contributed by atoms with Gasteiger partial charge in [0.25, 0.3) is 0 Å². The molecule has 4 nitrogen and oxygen atoms in total. The van der Waals surface area contributed by atoms with E-state index in [0.29, 0.717) is 28.0 Å². The lowest BCUT2D eigenvalue weighted by molar-refractivity contribution is 0.0695. The van der Waals surface area contributed by atoms with E-state index >= 15 is 0 Å². The summed E-state index contributed by atoms with van der Waals surface area (Å²) in [5, 5.41) is 10.8. The van der Waals surface area contributed by atoms with Crippen LogP contribution < -0.4 is 0 Å². The van der Waals surface area contributed by atoms with Gasteiger partial charge in [0, 0.05) is 41.2 Å². The average Bonchev–Trinajstić information content (AvgIpc) is 2.45. The first-order valence-corrected chi connectivity index (χ1v) is 7.54. The van der Waals surface area contributed by atoms with Crippen LogP contribution in [0.15, 0.2) is 18.2 Å². The number of aromatic nitrogens is 1. The number of carboxylic acid groups (broad SMARTS) is 1. The smallest absolute Gasteiger partial charge is 0.336 e. The van der Waals surface area contributed by atoms with E-state index in [1.165, 1.54) is 0 Å². The fraction of sp³-hybridized carbons (Fsp3) is 0.375. The molecule has 0 bridgehead atoms. The molecule has 0 saturated heterocycles. The van der Waals surface area contributed by atoms with E-state index in [-0.39, 0.29) is 0 Å². The molecule has 21 heavy (non-hydrogen) atoms. The third kappa shape index (κ3) is 2.61. The summed E-state index contributed by atoms with van der Waals surface area (Å²) >= 11 is 6.03. The van der Waals surface area contributed by atoms with Crippen molar-refractivity contribution in [3.8, 4) is 0 Å². The largest absolute Gasteiger partial charge is 0.478 e. The Bertz CT molecular complexity index is 715. The summed E-state index contributed by atoms with van der Waals surface area (Å²) in [6, 6.07) is 5.25. The maximum Gasteiger partial charge on any atom is 0.336 e. The number of halogens is 1. The maximum atomic E-state index is 11.8. The first-order chi connectivity index (χ1) is 10.1. The second-order valence-electron chi connectivity index (χ2n) is 5.40. The molecule has 0 amide bonds. The summed E-state index contributed by atoms with van der Waals surface area (Å²) < 4.78 is 0. The summed E-state index contributed by atoms with van der Waals surface area (Å²) in [5.41, 5.74) is 2.82. The van der Waals surface area contributed by atoms with Crippen LogP contribution in [0.3, 0.4) is 0 Å². The third-order valence-corrected chi connectivity index (χ3v) is 4.17. The highest BCUT2D eigenvalue weighted by molar-refractivity contribution is 6.31. The van der Waals surface area contributed by atoms with E-state index < -0.39 is 5.97 Å². The van der Waals surface area contributed by atoms with Crippen LogP contribution in [-0.4, -0.2) is 34.0 Å². The molecule has 5 heteroatoms. The van der Waals surface area contributed by atoms with Gasteiger partial charge >= 0.3 is 5.97 Å². The van der Waals surface area contributed by atoms with E-state index in [0.717, 1.165) is 37.2 Å². The van der Waals surface area contributed by atoms with Gasteiger partial charge in [-0.1, -0.05) is 18.5 Å². The third-order valence-electron chi connectivity index (χ3n) is 3.93. The number of carbonyl (C=O) groups is 1. The van der Waals surface area contributed by atoms with Crippen LogP contribution in [-0.2, 0) is 13.0 Å². The van der Waals surface area contributed by atoms with Gasteiger partial charge in [0.1, 0.15) is 0 Å². The van der Waals surface area contributed by atoms with Crippen LogP contribution in [0, 0.1) is 0 Å². The predicted molar refractivity (Wildman–Crippen MR) is 83.0 cm³/mol. The van der Waals surface area contributed by atoms with Crippen molar-refractivity contribution in [1.29, 1.82) is 0 Å². The van der Waals surface area contributed by atoms with Crippen molar-refractivity contribution in [3.63, 3.8) is 0 Å². The summed E-state index contributed by atoms with van der Waals surface area (Å²) in [6.45, 7) is 4.70. The molecule has 1 aromatic carbocycles. The number of pyridine rings is 1. The first kappa shape index (κ1) is 14.3. The Balaban J connectivity index is 2.21. The van der Waals surface area contributed by atoms with Crippen molar-refractivity contribution >= 4 is 28.5 Å². The van der Waals surface area contributed by atoms with Gasteiger partial charge in [0.2, 0.25) is 0 Å². The highest BCUT2D eigenvalue weighted by atomic mass is 35.5. The summed E-state index contributed by atoms with van der Waals surface area (Å²) in [4.78, 5) is 18.7. The molecule has 3 rings (SSSR count). The lowest BCUT2D eigenvalue weighted by atomic mass is 9.95. The number of hydrogen-bond donors (Lipinski definition) is 1. The molecule has 2 heterocycles. The van der Waals surface area contributed by atoms with Crippen LogP contribution >= 0.6 is 11.6 Å². The normalized spacial score (nSPS) is 15.1. The quantitative estimate of drug-likeness (QED) is 0.945. The Kier molecular flexibility index (Phi) is 3.83. The van der Waals surface area contributed by atoms with Gasteiger partial charge in [-0.2, -0.15) is 0 Å². The standard InChI is InChI=1S/C16H17ClN2O2/c1-2-6-19-7-5-14-12(9-19)15(16(20)21)11-8-10(17)3-4-13(11)18-14/h3-4,8H,2,5-7,9H2,1H3,(H,20,21). The minimum absolute atomic E-state index is 0.360. The molecule has 0 spiro atoms. The van der Waals surface area contributed by atoms with E-state index in [1.54, 1.807) is 18.2 Å². The average molecular weight is 305 g/mol. The second kappa shape index (κ2) is 5.62. The van der Waals surface area contributed by atoms with Crippen LogP contribution in [0.1, 0.15) is 35.0 Å². The van der Waals surface area contributed by atoms with Crippen LogP contribution in [0.5, 0.6) is 0 Å². The fourth-order valence-electron chi connectivity index (χ4n) is 3.02. The van der Waals surface area contributed by atoms with Crippen LogP contribution in [0.2, 0.25) is 5.02 Å². The van der Waals surface area contributed by atoms with Gasteiger partial charge in [0.15, 0.2) is 0 Å². The Labute approximate surface area is 128 Å². The number of hydrogen-bond acceptors (Lipinski definition) is 3. The van der Waals surface area contributed by atoms with E-state index in [9.17, 15) is 9.90 Å². The first-order valence-electron chi connectivity index (χ1n) is 7.16. The van der Waals surface area contributed by atoms with Crippen molar-refractivity contribution in [1.82, 2.24) is 9.88 Å². The second-order valence-corrected chi connectivity index (χ2v) is 5.84. The van der Waals surface area contributed by atoms with Crippen molar-refractivity contribution in [2.75, 3.05) is 13.1 Å². The van der Waals surface area contributed by atoms with Gasteiger partial charge < -0.3 is 5.11 Å². The Hall–Kier alpha value is -1.65. The monoisotopic (exact) mass is 304 g/mol. The number of benzene rings is 1. The molecule has 0 fully saturated rings. The molecule has 1 aliphatic rings. The molecule has 0 aliphatic carbocycles. The summed E-state index contributed by atoms with van der Waals surface area (Å²) in [7, 11) is 0. The van der Waals surface area contributed by atoms with E-state index in [4.69, 9.17) is 11.6 Å². The Morgan fingerprint density at radius 3 is 3.00 bits per heavy atom. The zero-order valence-corrected chi connectivity index (χ0v) is 12.7. The Morgan fingerprint density at radius 2 is 2.29 bits per heavy atom. The van der Waals surface area contributed by atoms with Gasteiger partial charge in [-0.3, -0.25) is 9.88 Å². The lowest BCUT2D eigenvalue weighted by Gasteiger charge is -2.29. The molecule has 1 aliphatic heterocycles. The van der Waals surface area contributed by atoms with Crippen molar-refractivity contribution in [2.45, 2.75) is 26.3 Å². The van der Waals surface area contributed by atoms with Crippen molar-refractivity contribution in [3.05, 3.63) is 40.0 Å². The molecule has 1 aromatic heterocycles. The highest BCUT2D eigenvalue weighted by Gasteiger charge is 2.25. The molecule has 2 aromatic rings. The fourth-order valence-corrected chi connectivity index (χ4v) is 3.19. The molecule has 1 N–H and O–H groups in total. The molecular weight excluding hydrogens is 288 g/mol. The number of rotatable bonds is 3. The predicted octanol–water partition coefficient (Wildman–Crippen LogP) is 3.35. The van der Waals surface area contributed by atoms with Gasteiger partial charge in [0.05, 0.1) is 11.1 Å². The molecule has 110 valence electrons. The number of carboxylic acids is 1.